The van der Waals surface area contributed by atoms with E-state index in [1.807, 2.05) is 18.2 Å². The number of carbonyl (C=O) groups is 2. The lowest BCUT2D eigenvalue weighted by atomic mass is 9.98. The van der Waals surface area contributed by atoms with Crippen molar-refractivity contribution in [2.75, 3.05) is 16.8 Å². The van der Waals surface area contributed by atoms with Gasteiger partial charge in [-0.15, -0.1) is 0 Å². The van der Waals surface area contributed by atoms with Gasteiger partial charge >= 0.3 is 6.18 Å². The summed E-state index contributed by atoms with van der Waals surface area (Å²) in [7, 11) is 0. The molecule has 1 aliphatic heterocycles. The second-order valence-electron chi connectivity index (χ2n) is 7.57. The molecular formula is C24H20F3N3O2. The summed E-state index contributed by atoms with van der Waals surface area (Å²) in [5.41, 5.74) is 1.64. The van der Waals surface area contributed by atoms with E-state index in [1.165, 1.54) is 24.0 Å². The van der Waals surface area contributed by atoms with E-state index < -0.39 is 17.6 Å². The Kier molecular flexibility index (Phi) is 5.69. The molecule has 164 valence electrons. The molecule has 0 saturated heterocycles. The van der Waals surface area contributed by atoms with Crippen molar-refractivity contribution in [2.45, 2.75) is 25.9 Å². The summed E-state index contributed by atoms with van der Waals surface area (Å²) in [5.74, 6) is -0.752. The minimum atomic E-state index is -4.53. The smallest absolute Gasteiger partial charge is 0.322 e. The van der Waals surface area contributed by atoms with Gasteiger partial charge in [-0.05, 0) is 48.7 Å². The van der Waals surface area contributed by atoms with Gasteiger partial charge in [-0.1, -0.05) is 18.2 Å². The molecule has 0 saturated carbocycles. The number of fused-ring (bicyclic) bond motifs is 2. The Morgan fingerprint density at radius 3 is 2.69 bits per heavy atom. The summed E-state index contributed by atoms with van der Waals surface area (Å²) in [5, 5.41) is 3.72. The van der Waals surface area contributed by atoms with Crippen LogP contribution in [0.3, 0.4) is 0 Å². The van der Waals surface area contributed by atoms with Gasteiger partial charge in [0.15, 0.2) is 0 Å². The van der Waals surface area contributed by atoms with Gasteiger partial charge in [-0.25, -0.2) is 0 Å². The minimum absolute atomic E-state index is 0.166. The summed E-state index contributed by atoms with van der Waals surface area (Å²) in [6.45, 7) is 1.60. The molecule has 3 aromatic rings. The van der Waals surface area contributed by atoms with E-state index in [0.717, 1.165) is 23.0 Å². The quantitative estimate of drug-likeness (QED) is 0.542. The van der Waals surface area contributed by atoms with E-state index in [9.17, 15) is 22.8 Å². The van der Waals surface area contributed by atoms with Crippen molar-refractivity contribution in [3.05, 3.63) is 71.9 Å². The Hall–Kier alpha value is -3.68. The molecule has 0 spiro atoms. The van der Waals surface area contributed by atoms with E-state index in [0.29, 0.717) is 29.7 Å². The van der Waals surface area contributed by atoms with Crippen LogP contribution in [0, 0.1) is 0 Å². The van der Waals surface area contributed by atoms with Crippen molar-refractivity contribution >= 4 is 39.7 Å². The van der Waals surface area contributed by atoms with Gasteiger partial charge in [0.1, 0.15) is 0 Å². The number of anilines is 2. The summed E-state index contributed by atoms with van der Waals surface area (Å²) in [6.07, 6.45) is -0.509. The molecule has 1 aromatic heterocycles. The summed E-state index contributed by atoms with van der Waals surface area (Å²) >= 11 is 0. The molecule has 1 N–H and O–H groups in total. The molecule has 0 atom stereocenters. The van der Waals surface area contributed by atoms with E-state index >= 15 is 0 Å². The molecule has 0 bridgehead atoms. The van der Waals surface area contributed by atoms with Crippen LogP contribution < -0.4 is 10.2 Å². The van der Waals surface area contributed by atoms with Crippen molar-refractivity contribution in [2.24, 2.45) is 0 Å². The first kappa shape index (κ1) is 21.5. The van der Waals surface area contributed by atoms with Crippen LogP contribution in [0.2, 0.25) is 0 Å². The van der Waals surface area contributed by atoms with Gasteiger partial charge in [0.05, 0.1) is 16.8 Å². The van der Waals surface area contributed by atoms with Crippen LogP contribution in [0.5, 0.6) is 0 Å². The summed E-state index contributed by atoms with van der Waals surface area (Å²) < 4.78 is 39.8. The molecule has 0 radical (unpaired) electrons. The lowest BCUT2D eigenvalue weighted by Gasteiger charge is -2.22. The third kappa shape index (κ3) is 4.49. The Bertz CT molecular complexity index is 1230. The highest BCUT2D eigenvalue weighted by Crippen LogP contribution is 2.39. The molecule has 2 aromatic carbocycles. The van der Waals surface area contributed by atoms with Crippen LogP contribution in [-0.2, 0) is 15.8 Å². The number of pyridine rings is 1. The molecule has 4 rings (SSSR count). The predicted molar refractivity (Wildman–Crippen MR) is 117 cm³/mol. The molecule has 0 unspecified atom stereocenters. The Morgan fingerprint density at radius 2 is 1.94 bits per heavy atom. The summed E-state index contributed by atoms with van der Waals surface area (Å²) in [6, 6.07) is 12.4. The maximum Gasteiger partial charge on any atom is 0.416 e. The normalized spacial score (nSPS) is 15.4. The first-order chi connectivity index (χ1) is 15.2. The third-order valence-corrected chi connectivity index (χ3v) is 5.35. The highest BCUT2D eigenvalue weighted by molar-refractivity contribution is 6.06. The summed E-state index contributed by atoms with van der Waals surface area (Å²) in [4.78, 5) is 30.4. The Balaban J connectivity index is 1.68. The van der Waals surface area contributed by atoms with Crippen molar-refractivity contribution in [1.29, 1.82) is 0 Å². The molecular weight excluding hydrogens is 419 g/mol. The van der Waals surface area contributed by atoms with Crippen LogP contribution in [0.4, 0.5) is 24.5 Å². The number of hydrogen-bond donors (Lipinski definition) is 1. The van der Waals surface area contributed by atoms with Crippen LogP contribution in [0.15, 0.2) is 60.8 Å². The van der Waals surface area contributed by atoms with Gasteiger partial charge in [0, 0.05) is 42.4 Å². The molecule has 2 heterocycles. The van der Waals surface area contributed by atoms with Gasteiger partial charge in [0.2, 0.25) is 11.8 Å². The number of nitrogens with one attached hydrogen (secondary N) is 1. The number of benzene rings is 2. The fourth-order valence-corrected chi connectivity index (χ4v) is 3.84. The topological polar surface area (TPSA) is 62.3 Å². The second kappa shape index (κ2) is 8.45. The van der Waals surface area contributed by atoms with E-state index in [-0.39, 0.29) is 18.1 Å². The average Bonchev–Trinajstić information content (AvgIpc) is 2.92. The zero-order valence-corrected chi connectivity index (χ0v) is 17.2. The zero-order chi connectivity index (χ0) is 22.9. The van der Waals surface area contributed by atoms with Gasteiger partial charge < -0.3 is 10.2 Å². The minimum Gasteiger partial charge on any atom is -0.322 e. The monoisotopic (exact) mass is 439 g/mol. The largest absolute Gasteiger partial charge is 0.416 e. The fourth-order valence-electron chi connectivity index (χ4n) is 3.84. The fraction of sp³-hybridized carbons (Fsp3) is 0.208. The number of amides is 2. The van der Waals surface area contributed by atoms with E-state index in [1.54, 1.807) is 18.3 Å². The van der Waals surface area contributed by atoms with Crippen molar-refractivity contribution in [1.82, 2.24) is 4.98 Å². The van der Waals surface area contributed by atoms with Crippen LogP contribution >= 0.6 is 0 Å². The number of carbonyl (C=O) groups excluding carboxylic acids is 2. The first-order valence-electron chi connectivity index (χ1n) is 10.1. The van der Waals surface area contributed by atoms with Gasteiger partial charge in [-0.3, -0.25) is 14.6 Å². The Labute approximate surface area is 182 Å². The van der Waals surface area contributed by atoms with Crippen LogP contribution in [0.25, 0.3) is 16.5 Å². The van der Waals surface area contributed by atoms with Crippen molar-refractivity contribution < 1.29 is 22.8 Å². The van der Waals surface area contributed by atoms with Crippen molar-refractivity contribution in [3.63, 3.8) is 0 Å². The molecule has 8 heteroatoms. The molecule has 32 heavy (non-hydrogen) atoms. The SMILES string of the molecule is CC(=O)N1CCC/C(=C\C(=O)Nc2ccc3cccnc3c2)c2ccc(C(F)(F)F)cc21. The standard InChI is InChI=1S/C24H20F3N3O2/c1-15(31)30-11-3-5-17(20-9-7-18(13-22(20)30)24(25,26)27)12-23(32)29-19-8-6-16-4-2-10-28-21(16)14-19/h2,4,6-10,12-14H,3,5,11H2,1H3,(H,29,32)/b17-12+. The lowest BCUT2D eigenvalue weighted by molar-refractivity contribution is -0.137. The number of allylic oxidation sites excluding steroid dienone is 1. The molecule has 1 aliphatic rings. The predicted octanol–water partition coefficient (Wildman–Crippen LogP) is 5.42. The highest BCUT2D eigenvalue weighted by atomic mass is 19.4. The first-order valence-corrected chi connectivity index (χ1v) is 10.1. The van der Waals surface area contributed by atoms with E-state index in [4.69, 9.17) is 0 Å². The molecule has 5 nitrogen and oxygen atoms in total. The lowest BCUT2D eigenvalue weighted by Crippen LogP contribution is -2.29. The Morgan fingerprint density at radius 1 is 1.12 bits per heavy atom. The highest BCUT2D eigenvalue weighted by Gasteiger charge is 2.33. The average molecular weight is 439 g/mol. The van der Waals surface area contributed by atoms with Gasteiger partial charge in [0.25, 0.3) is 0 Å². The van der Waals surface area contributed by atoms with Gasteiger partial charge in [-0.2, -0.15) is 13.2 Å². The van der Waals surface area contributed by atoms with Crippen LogP contribution in [-0.4, -0.2) is 23.3 Å². The van der Waals surface area contributed by atoms with Crippen LogP contribution in [0.1, 0.15) is 30.9 Å². The molecule has 2 amide bonds. The maximum absolute atomic E-state index is 13.3. The number of alkyl halides is 3. The molecule has 0 aliphatic carbocycles. The number of hydrogen-bond acceptors (Lipinski definition) is 3. The van der Waals surface area contributed by atoms with Crippen molar-refractivity contribution in [3.8, 4) is 0 Å². The maximum atomic E-state index is 13.3. The number of halogens is 3. The molecule has 0 fully saturated rings. The number of nitrogens with zero attached hydrogens (tertiary/aromatic N) is 2. The second-order valence-corrected chi connectivity index (χ2v) is 7.57. The zero-order valence-electron chi connectivity index (χ0n) is 17.2. The third-order valence-electron chi connectivity index (χ3n) is 5.35. The number of rotatable bonds is 2. The van der Waals surface area contributed by atoms with E-state index in [2.05, 4.69) is 10.3 Å². The number of aromatic nitrogens is 1.